The second kappa shape index (κ2) is 4.50. The van der Waals surface area contributed by atoms with Crippen molar-refractivity contribution >= 4 is 58.2 Å². The van der Waals surface area contributed by atoms with Crippen LogP contribution >= 0.6 is 46.4 Å². The van der Waals surface area contributed by atoms with Crippen LogP contribution in [-0.4, -0.2) is 33.2 Å². The SMILES string of the molecule is CCCON1C(=O)[C@H]2[C@H](C1=O)[C@]1(Cl)C[C@]2(Cl)C(Cl)=C1Cl. The van der Waals surface area contributed by atoms with Crippen molar-refractivity contribution in [1.29, 1.82) is 0 Å². The minimum atomic E-state index is -1.21. The first-order valence-corrected chi connectivity index (χ1v) is 7.75. The minimum Gasteiger partial charge on any atom is -0.272 e. The highest BCUT2D eigenvalue weighted by Crippen LogP contribution is 2.69. The molecule has 1 heterocycles. The lowest BCUT2D eigenvalue weighted by molar-refractivity contribution is -0.190. The summed E-state index contributed by atoms with van der Waals surface area (Å²) in [7, 11) is 0. The van der Waals surface area contributed by atoms with E-state index in [1.807, 2.05) is 6.92 Å². The van der Waals surface area contributed by atoms with E-state index < -0.39 is 33.4 Å². The molecule has 3 aliphatic rings. The predicted octanol–water partition coefficient (Wildman–Crippen LogP) is 2.99. The van der Waals surface area contributed by atoms with Gasteiger partial charge in [0.05, 0.1) is 38.3 Å². The van der Waals surface area contributed by atoms with Crippen LogP contribution in [0.4, 0.5) is 0 Å². The molecular weight excluding hydrogens is 348 g/mol. The third-order valence-corrected chi connectivity index (χ3v) is 6.57. The van der Waals surface area contributed by atoms with Gasteiger partial charge in [-0.3, -0.25) is 14.4 Å². The van der Waals surface area contributed by atoms with Gasteiger partial charge in [-0.05, 0) is 12.8 Å². The van der Waals surface area contributed by atoms with Crippen LogP contribution in [0.2, 0.25) is 0 Å². The van der Waals surface area contributed by atoms with Gasteiger partial charge in [-0.25, -0.2) is 0 Å². The average molecular weight is 359 g/mol. The Balaban J connectivity index is 2.03. The fraction of sp³-hybridized carbons (Fsp3) is 0.667. The van der Waals surface area contributed by atoms with E-state index in [-0.39, 0.29) is 23.1 Å². The summed E-state index contributed by atoms with van der Waals surface area (Å²) in [6.45, 7) is 2.13. The smallest absolute Gasteiger partial charge is 0.259 e. The lowest BCUT2D eigenvalue weighted by Gasteiger charge is -2.28. The first kappa shape index (κ1) is 14.9. The normalized spacial score (nSPS) is 43.0. The Bertz CT molecular complexity index is 509. The Morgan fingerprint density at radius 1 is 1.15 bits per heavy atom. The van der Waals surface area contributed by atoms with Crippen molar-refractivity contribution in [3.05, 3.63) is 10.1 Å². The Hall–Kier alpha value is -0.000000000000000167. The van der Waals surface area contributed by atoms with E-state index in [0.717, 1.165) is 5.06 Å². The molecule has 4 nitrogen and oxygen atoms in total. The van der Waals surface area contributed by atoms with Crippen molar-refractivity contribution in [1.82, 2.24) is 5.06 Å². The number of fused-ring (bicyclic) bond motifs is 5. The second-order valence-electron chi connectivity index (χ2n) is 5.29. The fourth-order valence-corrected chi connectivity index (χ4v) is 5.18. The number of nitrogens with zero attached hydrogens (tertiary/aromatic N) is 1. The van der Waals surface area contributed by atoms with Crippen LogP contribution in [0, 0.1) is 11.8 Å². The highest BCUT2D eigenvalue weighted by atomic mass is 35.5. The number of amides is 2. The molecule has 8 heteroatoms. The van der Waals surface area contributed by atoms with E-state index in [0.29, 0.717) is 6.42 Å². The van der Waals surface area contributed by atoms with Gasteiger partial charge in [0, 0.05) is 0 Å². The Morgan fingerprint density at radius 3 is 2.00 bits per heavy atom. The van der Waals surface area contributed by atoms with Gasteiger partial charge < -0.3 is 0 Å². The molecule has 1 saturated heterocycles. The molecule has 2 aliphatic carbocycles. The summed E-state index contributed by atoms with van der Waals surface area (Å²) < 4.78 is 0. The second-order valence-corrected chi connectivity index (χ2v) is 7.39. The molecule has 2 amide bonds. The first-order valence-electron chi connectivity index (χ1n) is 6.23. The molecular formula is C12H11Cl4NO3. The largest absolute Gasteiger partial charge is 0.272 e. The van der Waals surface area contributed by atoms with E-state index >= 15 is 0 Å². The van der Waals surface area contributed by atoms with Crippen LogP contribution in [0.3, 0.4) is 0 Å². The van der Waals surface area contributed by atoms with Gasteiger partial charge in [-0.2, -0.15) is 5.06 Å². The maximum absolute atomic E-state index is 12.4. The molecule has 3 rings (SSSR count). The molecule has 0 radical (unpaired) electrons. The van der Waals surface area contributed by atoms with Gasteiger partial charge in [-0.15, -0.1) is 23.2 Å². The lowest BCUT2D eigenvalue weighted by atomic mass is 9.84. The van der Waals surface area contributed by atoms with Gasteiger partial charge in [-0.1, -0.05) is 30.1 Å². The van der Waals surface area contributed by atoms with E-state index in [2.05, 4.69) is 0 Å². The number of allylic oxidation sites excluding steroid dienone is 2. The first-order chi connectivity index (χ1) is 9.29. The van der Waals surface area contributed by atoms with E-state index in [1.54, 1.807) is 0 Å². The van der Waals surface area contributed by atoms with E-state index in [1.165, 1.54) is 0 Å². The third kappa shape index (κ3) is 1.55. The van der Waals surface area contributed by atoms with Gasteiger partial charge >= 0.3 is 0 Å². The van der Waals surface area contributed by atoms with Gasteiger partial charge in [0.15, 0.2) is 0 Å². The fourth-order valence-electron chi connectivity index (χ4n) is 3.26. The molecule has 0 aromatic carbocycles. The zero-order valence-electron chi connectivity index (χ0n) is 10.5. The minimum absolute atomic E-state index is 0.163. The Kier molecular flexibility index (Phi) is 3.35. The number of imide groups is 1. The van der Waals surface area contributed by atoms with Crippen LogP contribution in [0.5, 0.6) is 0 Å². The topological polar surface area (TPSA) is 46.6 Å². The molecule has 0 spiro atoms. The zero-order chi connectivity index (χ0) is 14.9. The Morgan fingerprint density at radius 2 is 1.60 bits per heavy atom. The van der Waals surface area contributed by atoms with Crippen molar-refractivity contribution in [2.75, 3.05) is 6.61 Å². The highest BCUT2D eigenvalue weighted by Gasteiger charge is 2.76. The number of hydrogen-bond acceptors (Lipinski definition) is 3. The predicted molar refractivity (Wildman–Crippen MR) is 75.6 cm³/mol. The van der Waals surface area contributed by atoms with Crippen molar-refractivity contribution in [2.45, 2.75) is 29.5 Å². The molecule has 0 N–H and O–H groups in total. The monoisotopic (exact) mass is 357 g/mol. The molecule has 110 valence electrons. The van der Waals surface area contributed by atoms with Crippen LogP contribution in [0.1, 0.15) is 19.8 Å². The van der Waals surface area contributed by atoms with Crippen LogP contribution in [0.25, 0.3) is 0 Å². The molecule has 2 fully saturated rings. The van der Waals surface area contributed by atoms with Gasteiger partial charge in [0.1, 0.15) is 0 Å². The van der Waals surface area contributed by atoms with Crippen molar-refractivity contribution in [2.24, 2.45) is 11.8 Å². The average Bonchev–Trinajstić information content (AvgIpc) is 2.86. The maximum atomic E-state index is 12.4. The molecule has 0 aromatic rings. The maximum Gasteiger partial charge on any atom is 0.259 e. The summed E-state index contributed by atoms with van der Waals surface area (Å²) in [5, 5.41) is 1.09. The van der Waals surface area contributed by atoms with E-state index in [9.17, 15) is 9.59 Å². The molecule has 1 saturated carbocycles. The number of alkyl halides is 2. The molecule has 4 atom stereocenters. The van der Waals surface area contributed by atoms with Crippen molar-refractivity contribution in [3.63, 3.8) is 0 Å². The summed E-state index contributed by atoms with van der Waals surface area (Å²) >= 11 is 25.2. The number of hydroxylamine groups is 2. The number of hydrogen-bond donors (Lipinski definition) is 0. The molecule has 2 bridgehead atoms. The number of carbonyl (C=O) groups excluding carboxylic acids is 2. The van der Waals surface area contributed by atoms with Crippen molar-refractivity contribution < 1.29 is 14.4 Å². The summed E-state index contributed by atoms with van der Waals surface area (Å²) in [6.07, 6.45) is 0.847. The van der Waals surface area contributed by atoms with E-state index in [4.69, 9.17) is 51.2 Å². The molecule has 1 aliphatic heterocycles. The summed E-state index contributed by atoms with van der Waals surface area (Å²) in [5.41, 5.74) is 0. The summed E-state index contributed by atoms with van der Waals surface area (Å²) in [6, 6.07) is 0. The number of halogens is 4. The summed E-state index contributed by atoms with van der Waals surface area (Å²) in [4.78, 5) is 27.6. The molecule has 20 heavy (non-hydrogen) atoms. The van der Waals surface area contributed by atoms with Gasteiger partial charge in [0.25, 0.3) is 11.8 Å². The number of rotatable bonds is 3. The van der Waals surface area contributed by atoms with Crippen LogP contribution < -0.4 is 0 Å². The highest BCUT2D eigenvalue weighted by molar-refractivity contribution is 6.52. The van der Waals surface area contributed by atoms with Gasteiger partial charge in [0.2, 0.25) is 0 Å². The quantitative estimate of drug-likeness (QED) is 0.575. The lowest BCUT2D eigenvalue weighted by Crippen LogP contribution is -2.38. The van der Waals surface area contributed by atoms with Crippen LogP contribution in [0.15, 0.2) is 10.1 Å². The third-order valence-electron chi connectivity index (χ3n) is 4.11. The van der Waals surface area contributed by atoms with Crippen molar-refractivity contribution in [3.8, 4) is 0 Å². The summed E-state index contributed by atoms with van der Waals surface area (Å²) in [5.74, 6) is -2.62. The standard InChI is InChI=1S/C12H11Cl4NO3/c1-2-3-20-17-9(18)5-6(10(17)19)12(16)4-11(5,15)7(13)8(12)14/h5-6H,2-4H2,1H3/t5-,6-,11-,12-/m1/s1. The molecule has 0 unspecified atom stereocenters. The zero-order valence-corrected chi connectivity index (χ0v) is 13.5. The molecule has 0 aromatic heterocycles. The number of carbonyl (C=O) groups is 2. The van der Waals surface area contributed by atoms with Crippen LogP contribution in [-0.2, 0) is 14.4 Å². The Labute approximate surface area is 135 Å².